The number of alkyl halides is 1. The van der Waals surface area contributed by atoms with Crippen molar-refractivity contribution in [1.82, 2.24) is 9.97 Å². The number of nitrogens with zero attached hydrogens (tertiary/aromatic N) is 2. The highest BCUT2D eigenvalue weighted by atomic mass is 79.9. The van der Waals surface area contributed by atoms with Crippen molar-refractivity contribution in [1.29, 1.82) is 0 Å². The largest absolute Gasteiger partial charge is 0.259 e. The number of aromatic nitrogens is 2. The second-order valence-electron chi connectivity index (χ2n) is 3.10. The van der Waals surface area contributed by atoms with Gasteiger partial charge in [0.15, 0.2) is 0 Å². The van der Waals surface area contributed by atoms with Crippen molar-refractivity contribution in [3.63, 3.8) is 0 Å². The Labute approximate surface area is 119 Å². The molecule has 1 atom stereocenters. The summed E-state index contributed by atoms with van der Waals surface area (Å²) in [6.07, 6.45) is 3.49. The zero-order chi connectivity index (χ0) is 11.2. The number of halogens is 2. The Morgan fingerprint density at radius 1 is 1.00 bits per heavy atom. The zero-order valence-corrected chi connectivity index (χ0v) is 12.2. The highest BCUT2D eigenvalue weighted by Gasteiger charge is 2.02. The van der Waals surface area contributed by atoms with E-state index in [1.165, 1.54) is 0 Å². The summed E-state index contributed by atoms with van der Waals surface area (Å²) in [4.78, 5) is 8.29. The van der Waals surface area contributed by atoms with Crippen LogP contribution in [0.5, 0.6) is 0 Å². The summed E-state index contributed by atoms with van der Waals surface area (Å²) in [6, 6.07) is 11.4. The lowest BCUT2D eigenvalue weighted by Crippen LogP contribution is -1.89. The molecule has 2 aromatic heterocycles. The van der Waals surface area contributed by atoms with Crippen LogP contribution in [0.1, 0.15) is 16.2 Å². The van der Waals surface area contributed by atoms with Crippen molar-refractivity contribution in [3.05, 3.63) is 60.2 Å². The maximum atomic E-state index is 4.22. The number of rotatable bonds is 1. The summed E-state index contributed by atoms with van der Waals surface area (Å²) < 4.78 is 0. The second-order valence-corrected chi connectivity index (χ2v) is 4.02. The normalized spacial score (nSPS) is 10.6. The Kier molecular flexibility index (Phi) is 5.88. The average molecular weight is 354 g/mol. The van der Waals surface area contributed by atoms with Crippen LogP contribution in [0.25, 0.3) is 0 Å². The molecule has 0 saturated carbocycles. The fraction of sp³-hybridized carbons (Fsp3) is 0.0769. The lowest BCUT2D eigenvalue weighted by atomic mass is 10.2. The van der Waals surface area contributed by atoms with E-state index in [1.54, 1.807) is 12.4 Å². The van der Waals surface area contributed by atoms with Gasteiger partial charge >= 0.3 is 0 Å². The first kappa shape index (κ1) is 13.9. The first-order valence-electron chi connectivity index (χ1n) is 4.84. The van der Waals surface area contributed by atoms with Gasteiger partial charge in [0, 0.05) is 12.4 Å². The molecule has 0 radical (unpaired) electrons. The van der Waals surface area contributed by atoms with Gasteiger partial charge < -0.3 is 0 Å². The molecule has 0 aliphatic carbocycles. The minimum absolute atomic E-state index is 0. The predicted octanol–water partition coefficient (Wildman–Crippen LogP) is 3.54. The highest BCUT2D eigenvalue weighted by molar-refractivity contribution is 9.09. The van der Waals surface area contributed by atoms with E-state index >= 15 is 0 Å². The van der Waals surface area contributed by atoms with Gasteiger partial charge in [0.2, 0.25) is 0 Å². The van der Waals surface area contributed by atoms with Crippen LogP contribution in [0.2, 0.25) is 0 Å². The molecule has 17 heavy (non-hydrogen) atoms. The molecule has 86 valence electrons. The molecule has 0 saturated heterocycles. The summed E-state index contributed by atoms with van der Waals surface area (Å²) in [6.45, 7) is 0. The molecule has 2 aromatic rings. The fourth-order valence-electron chi connectivity index (χ4n) is 1.17. The molecule has 2 nitrogen and oxygen atoms in total. The summed E-state index contributed by atoms with van der Waals surface area (Å²) in [5.74, 6) is 6.05. The van der Waals surface area contributed by atoms with Gasteiger partial charge in [-0.2, -0.15) is 0 Å². The minimum atomic E-state index is -0.0595. The van der Waals surface area contributed by atoms with Crippen LogP contribution < -0.4 is 0 Å². The predicted molar refractivity (Wildman–Crippen MR) is 77.3 cm³/mol. The molecule has 0 aromatic carbocycles. The van der Waals surface area contributed by atoms with Crippen LogP contribution in [0.4, 0.5) is 0 Å². The summed E-state index contributed by atoms with van der Waals surface area (Å²) >= 11 is 3.48. The molecular formula is C13H10Br2N2. The van der Waals surface area contributed by atoms with Gasteiger partial charge in [0.25, 0.3) is 0 Å². The molecule has 4 heteroatoms. The Bertz CT molecular complexity index is 503. The summed E-state index contributed by atoms with van der Waals surface area (Å²) in [7, 11) is 0. The summed E-state index contributed by atoms with van der Waals surface area (Å²) in [5, 5.41) is 0. The van der Waals surface area contributed by atoms with Crippen LogP contribution in [0.15, 0.2) is 48.8 Å². The molecule has 0 bridgehead atoms. The van der Waals surface area contributed by atoms with Gasteiger partial charge in [0.1, 0.15) is 10.5 Å². The Morgan fingerprint density at radius 2 is 1.71 bits per heavy atom. The zero-order valence-electron chi connectivity index (χ0n) is 8.88. The van der Waals surface area contributed by atoms with E-state index in [-0.39, 0.29) is 21.8 Å². The number of pyridine rings is 2. The lowest BCUT2D eigenvalue weighted by molar-refractivity contribution is 1.12. The monoisotopic (exact) mass is 352 g/mol. The third-order valence-electron chi connectivity index (χ3n) is 1.94. The quantitative estimate of drug-likeness (QED) is 0.578. The SMILES string of the molecule is Br.BrC(C#Cc1ccccn1)c1ccccn1. The highest BCUT2D eigenvalue weighted by Crippen LogP contribution is 2.18. The van der Waals surface area contributed by atoms with Crippen molar-refractivity contribution in [3.8, 4) is 11.8 Å². The number of hydrogen-bond acceptors (Lipinski definition) is 2. The van der Waals surface area contributed by atoms with Gasteiger partial charge in [-0.1, -0.05) is 34.0 Å². The van der Waals surface area contributed by atoms with Crippen LogP contribution in [0, 0.1) is 11.8 Å². The topological polar surface area (TPSA) is 25.8 Å². The van der Waals surface area contributed by atoms with Crippen molar-refractivity contribution < 1.29 is 0 Å². The molecule has 0 N–H and O–H groups in total. The van der Waals surface area contributed by atoms with Crippen molar-refractivity contribution in [2.75, 3.05) is 0 Å². The van der Waals surface area contributed by atoms with E-state index in [2.05, 4.69) is 37.7 Å². The smallest absolute Gasteiger partial charge is 0.118 e. The molecule has 2 heterocycles. The van der Waals surface area contributed by atoms with Crippen LogP contribution >= 0.6 is 32.9 Å². The molecule has 0 aliphatic rings. The third kappa shape index (κ3) is 4.29. The Hall–Kier alpha value is -1.18. The Morgan fingerprint density at radius 3 is 2.29 bits per heavy atom. The molecule has 1 unspecified atom stereocenters. The van der Waals surface area contributed by atoms with Gasteiger partial charge in [-0.15, -0.1) is 17.0 Å². The second kappa shape index (κ2) is 7.21. The van der Waals surface area contributed by atoms with Crippen molar-refractivity contribution >= 4 is 32.9 Å². The molecule has 2 rings (SSSR count). The first-order chi connectivity index (χ1) is 7.86. The third-order valence-corrected chi connectivity index (χ3v) is 2.64. The summed E-state index contributed by atoms with van der Waals surface area (Å²) in [5.41, 5.74) is 1.67. The standard InChI is InChI=1S/C13H9BrN2.BrH/c14-12(13-6-2-4-10-16-13)8-7-11-5-1-3-9-15-11;/h1-6,9-10,12H;1H. The van der Waals surface area contributed by atoms with Crippen molar-refractivity contribution in [2.24, 2.45) is 0 Å². The molecule has 0 spiro atoms. The van der Waals surface area contributed by atoms with E-state index in [0.29, 0.717) is 0 Å². The van der Waals surface area contributed by atoms with Gasteiger partial charge in [0.05, 0.1) is 5.69 Å². The average Bonchev–Trinajstić information content (AvgIpc) is 2.38. The van der Waals surface area contributed by atoms with Gasteiger partial charge in [-0.25, -0.2) is 4.98 Å². The van der Waals surface area contributed by atoms with Crippen molar-refractivity contribution in [2.45, 2.75) is 4.83 Å². The maximum Gasteiger partial charge on any atom is 0.118 e. The lowest BCUT2D eigenvalue weighted by Gasteiger charge is -1.99. The van der Waals surface area contributed by atoms with E-state index in [9.17, 15) is 0 Å². The molecule has 0 fully saturated rings. The fourth-order valence-corrected chi connectivity index (χ4v) is 1.56. The van der Waals surface area contributed by atoms with E-state index < -0.39 is 0 Å². The molecule has 0 aliphatic heterocycles. The van der Waals surface area contributed by atoms with E-state index in [4.69, 9.17) is 0 Å². The molecular weight excluding hydrogens is 344 g/mol. The van der Waals surface area contributed by atoms with E-state index in [0.717, 1.165) is 11.4 Å². The minimum Gasteiger partial charge on any atom is -0.259 e. The van der Waals surface area contributed by atoms with Crippen LogP contribution in [-0.4, -0.2) is 9.97 Å². The molecule has 0 amide bonds. The van der Waals surface area contributed by atoms with E-state index in [1.807, 2.05) is 36.4 Å². The maximum absolute atomic E-state index is 4.22. The van der Waals surface area contributed by atoms with Crippen LogP contribution in [-0.2, 0) is 0 Å². The Balaban J connectivity index is 0.00000144. The first-order valence-corrected chi connectivity index (χ1v) is 5.75. The van der Waals surface area contributed by atoms with Gasteiger partial charge in [-0.3, -0.25) is 4.98 Å². The number of hydrogen-bond donors (Lipinski definition) is 0. The van der Waals surface area contributed by atoms with Crippen LogP contribution in [0.3, 0.4) is 0 Å². The van der Waals surface area contributed by atoms with Gasteiger partial charge in [-0.05, 0) is 30.2 Å².